The molecule has 0 unspecified atom stereocenters. The predicted octanol–water partition coefficient (Wildman–Crippen LogP) is 4.05. The van der Waals surface area contributed by atoms with Gasteiger partial charge in [-0.25, -0.2) is 9.97 Å². The number of ether oxygens (including phenoxy) is 2. The van der Waals surface area contributed by atoms with Crippen LogP contribution < -0.4 is 9.47 Å². The third-order valence-corrected chi connectivity index (χ3v) is 3.15. The molecule has 0 saturated carbocycles. The van der Waals surface area contributed by atoms with E-state index < -0.39 is 0 Å². The Bertz CT molecular complexity index is 581. The molecule has 0 radical (unpaired) electrons. The first-order chi connectivity index (χ1) is 9.65. The van der Waals surface area contributed by atoms with E-state index >= 15 is 0 Å². The van der Waals surface area contributed by atoms with Gasteiger partial charge in [-0.15, -0.1) is 0 Å². The molecule has 0 N–H and O–H groups in total. The van der Waals surface area contributed by atoms with Gasteiger partial charge in [0.1, 0.15) is 15.5 Å². The van der Waals surface area contributed by atoms with Crippen molar-refractivity contribution in [1.29, 1.82) is 0 Å². The molecule has 6 heteroatoms. The Morgan fingerprint density at radius 2 is 2.05 bits per heavy atom. The fourth-order valence-electron chi connectivity index (χ4n) is 1.52. The monoisotopic (exact) mass is 356 g/mol. The predicted molar refractivity (Wildman–Crippen MR) is 81.5 cm³/mol. The molecule has 0 aliphatic heterocycles. The molecule has 0 atom stereocenters. The van der Waals surface area contributed by atoms with Crippen LogP contribution in [0.1, 0.15) is 12.0 Å². The van der Waals surface area contributed by atoms with Gasteiger partial charge in [-0.2, -0.15) is 0 Å². The maximum absolute atomic E-state index is 5.77. The number of hydrogen-bond acceptors (Lipinski definition) is 4. The summed E-state index contributed by atoms with van der Waals surface area (Å²) in [6.07, 6.45) is 2.53. The Morgan fingerprint density at radius 1 is 1.25 bits per heavy atom. The van der Waals surface area contributed by atoms with Gasteiger partial charge in [0.25, 0.3) is 0 Å². The van der Waals surface area contributed by atoms with E-state index in [1.165, 1.54) is 0 Å². The maximum Gasteiger partial charge on any atom is 0.214 e. The van der Waals surface area contributed by atoms with Crippen molar-refractivity contribution in [2.45, 2.75) is 13.3 Å². The number of aryl methyl sites for hydroxylation is 1. The van der Waals surface area contributed by atoms with Gasteiger partial charge in [0, 0.05) is 30.3 Å². The van der Waals surface area contributed by atoms with Crippen molar-refractivity contribution in [2.75, 3.05) is 13.2 Å². The Morgan fingerprint density at radius 3 is 2.85 bits per heavy atom. The minimum Gasteiger partial charge on any atom is -0.493 e. The Balaban J connectivity index is 1.73. The van der Waals surface area contributed by atoms with E-state index in [1.54, 1.807) is 24.4 Å². The van der Waals surface area contributed by atoms with Crippen molar-refractivity contribution in [3.05, 3.63) is 45.8 Å². The molecule has 20 heavy (non-hydrogen) atoms. The zero-order valence-electron chi connectivity index (χ0n) is 11.0. The van der Waals surface area contributed by atoms with Crippen molar-refractivity contribution < 1.29 is 9.47 Å². The van der Waals surface area contributed by atoms with Crippen molar-refractivity contribution in [2.24, 2.45) is 0 Å². The average Bonchev–Trinajstić information content (AvgIpc) is 2.42. The molecule has 4 nitrogen and oxygen atoms in total. The lowest BCUT2D eigenvalue weighted by Gasteiger charge is -2.09. The molecule has 0 spiro atoms. The van der Waals surface area contributed by atoms with E-state index in [-0.39, 0.29) is 0 Å². The van der Waals surface area contributed by atoms with E-state index in [1.807, 2.05) is 13.0 Å². The third kappa shape index (κ3) is 4.65. The molecule has 2 aromatic heterocycles. The molecular formula is C14H14BrClN2O2. The number of nitrogens with zero attached hydrogens (tertiary/aromatic N) is 2. The second kappa shape index (κ2) is 7.45. The highest BCUT2D eigenvalue weighted by Gasteiger charge is 2.02. The summed E-state index contributed by atoms with van der Waals surface area (Å²) in [4.78, 5) is 8.17. The number of aromatic nitrogens is 2. The minimum absolute atomic E-state index is 0.427. The van der Waals surface area contributed by atoms with Crippen LogP contribution in [-0.2, 0) is 0 Å². The highest BCUT2D eigenvalue weighted by Crippen LogP contribution is 2.20. The summed E-state index contributed by atoms with van der Waals surface area (Å²) in [6, 6.07) is 7.15. The SMILES string of the molecule is Cc1cnc(Br)cc1OCCCOc1cccc(Cl)n1. The van der Waals surface area contributed by atoms with Crippen LogP contribution in [0.5, 0.6) is 11.6 Å². The van der Waals surface area contributed by atoms with Crippen LogP contribution in [0, 0.1) is 6.92 Å². The number of halogens is 2. The molecule has 0 aliphatic rings. The second-order valence-corrected chi connectivity index (χ2v) is 5.32. The van der Waals surface area contributed by atoms with Crippen LogP contribution >= 0.6 is 27.5 Å². The molecule has 0 aromatic carbocycles. The normalized spacial score (nSPS) is 10.3. The molecule has 0 amide bonds. The van der Waals surface area contributed by atoms with Crippen molar-refractivity contribution >= 4 is 27.5 Å². The lowest BCUT2D eigenvalue weighted by atomic mass is 10.3. The standard InChI is InChI=1S/C14H14BrClN2O2/c1-10-9-17-12(15)8-11(10)19-6-3-7-20-14-5-2-4-13(16)18-14/h2,4-5,8-9H,3,6-7H2,1H3. The largest absolute Gasteiger partial charge is 0.493 e. The van der Waals surface area contributed by atoms with Gasteiger partial charge in [-0.05, 0) is 28.9 Å². The first-order valence-corrected chi connectivity index (χ1v) is 7.32. The molecule has 0 fully saturated rings. The van der Waals surface area contributed by atoms with Gasteiger partial charge in [0.2, 0.25) is 5.88 Å². The van der Waals surface area contributed by atoms with Crippen molar-refractivity contribution in [1.82, 2.24) is 9.97 Å². The lowest BCUT2D eigenvalue weighted by molar-refractivity contribution is 0.241. The first-order valence-electron chi connectivity index (χ1n) is 6.15. The summed E-state index contributed by atoms with van der Waals surface area (Å²) in [5, 5.41) is 0.427. The number of pyridine rings is 2. The molecule has 0 saturated heterocycles. The van der Waals surface area contributed by atoms with E-state index in [9.17, 15) is 0 Å². The maximum atomic E-state index is 5.77. The smallest absolute Gasteiger partial charge is 0.214 e. The molecule has 106 valence electrons. The summed E-state index contributed by atoms with van der Waals surface area (Å²) in [7, 11) is 0. The summed E-state index contributed by atoms with van der Waals surface area (Å²) < 4.78 is 11.9. The molecular weight excluding hydrogens is 344 g/mol. The van der Waals surface area contributed by atoms with Crippen LogP contribution in [0.3, 0.4) is 0 Å². The Hall–Kier alpha value is -1.33. The van der Waals surface area contributed by atoms with Crippen LogP contribution in [0.15, 0.2) is 35.1 Å². The van der Waals surface area contributed by atoms with Gasteiger partial charge in [-0.3, -0.25) is 0 Å². The van der Waals surface area contributed by atoms with Gasteiger partial charge < -0.3 is 9.47 Å². The fourth-order valence-corrected chi connectivity index (χ4v) is 1.99. The van der Waals surface area contributed by atoms with E-state index in [2.05, 4.69) is 25.9 Å². The fraction of sp³-hybridized carbons (Fsp3) is 0.286. The van der Waals surface area contributed by atoms with Crippen LogP contribution in [0.4, 0.5) is 0 Å². The van der Waals surface area contributed by atoms with Crippen LogP contribution in [0.25, 0.3) is 0 Å². The average molecular weight is 358 g/mol. The van der Waals surface area contributed by atoms with Gasteiger partial charge in [0.05, 0.1) is 13.2 Å². The molecule has 0 aliphatic carbocycles. The van der Waals surface area contributed by atoms with Gasteiger partial charge in [-0.1, -0.05) is 17.7 Å². The number of rotatable bonds is 6. The topological polar surface area (TPSA) is 44.2 Å². The highest BCUT2D eigenvalue weighted by atomic mass is 79.9. The summed E-state index contributed by atoms with van der Waals surface area (Å²) in [6.45, 7) is 3.05. The quantitative estimate of drug-likeness (QED) is 0.578. The molecule has 2 aromatic rings. The zero-order valence-corrected chi connectivity index (χ0v) is 13.3. The first kappa shape index (κ1) is 15.1. The summed E-state index contributed by atoms with van der Waals surface area (Å²) >= 11 is 9.09. The zero-order chi connectivity index (χ0) is 14.4. The summed E-state index contributed by atoms with van der Waals surface area (Å²) in [5.74, 6) is 1.35. The lowest BCUT2D eigenvalue weighted by Crippen LogP contribution is -2.06. The van der Waals surface area contributed by atoms with E-state index in [0.717, 1.165) is 22.3 Å². The molecule has 2 rings (SSSR count). The van der Waals surface area contributed by atoms with E-state index in [4.69, 9.17) is 21.1 Å². The van der Waals surface area contributed by atoms with Crippen molar-refractivity contribution in [3.63, 3.8) is 0 Å². The minimum atomic E-state index is 0.427. The molecule has 2 heterocycles. The summed E-state index contributed by atoms with van der Waals surface area (Å²) in [5.41, 5.74) is 1.01. The Labute approximate surface area is 131 Å². The van der Waals surface area contributed by atoms with Crippen molar-refractivity contribution in [3.8, 4) is 11.6 Å². The highest BCUT2D eigenvalue weighted by molar-refractivity contribution is 9.10. The Kier molecular flexibility index (Phi) is 5.61. The number of hydrogen-bond donors (Lipinski definition) is 0. The second-order valence-electron chi connectivity index (χ2n) is 4.12. The van der Waals surface area contributed by atoms with Gasteiger partial charge in [0.15, 0.2) is 0 Å². The van der Waals surface area contributed by atoms with Gasteiger partial charge >= 0.3 is 0 Å². The van der Waals surface area contributed by atoms with E-state index in [0.29, 0.717) is 24.2 Å². The van der Waals surface area contributed by atoms with Crippen LogP contribution in [-0.4, -0.2) is 23.2 Å². The van der Waals surface area contributed by atoms with Crippen LogP contribution in [0.2, 0.25) is 5.15 Å². The molecule has 0 bridgehead atoms. The third-order valence-electron chi connectivity index (χ3n) is 2.51.